The predicted octanol–water partition coefficient (Wildman–Crippen LogP) is 3.83. The molecule has 2 heteroatoms. The topological polar surface area (TPSA) is 26.3 Å². The summed E-state index contributed by atoms with van der Waals surface area (Å²) in [4.78, 5) is 12.0. The van der Waals surface area contributed by atoms with Gasteiger partial charge in [-0.2, -0.15) is 0 Å². The molecule has 2 atom stereocenters. The number of carbonyl (C=O) groups is 1. The van der Waals surface area contributed by atoms with Crippen molar-refractivity contribution in [2.45, 2.75) is 44.9 Å². The number of ether oxygens (including phenoxy) is 1. The molecule has 0 heterocycles. The highest BCUT2D eigenvalue weighted by Crippen LogP contribution is 2.37. The molecule has 0 bridgehead atoms. The highest BCUT2D eigenvalue weighted by Gasteiger charge is 2.31. The second-order valence-corrected chi connectivity index (χ2v) is 5.29. The van der Waals surface area contributed by atoms with Gasteiger partial charge in [-0.1, -0.05) is 49.1 Å². The summed E-state index contributed by atoms with van der Waals surface area (Å²) < 4.78 is 4.99. The van der Waals surface area contributed by atoms with Crippen LogP contribution in [0.2, 0.25) is 0 Å². The lowest BCUT2D eigenvalue weighted by Crippen LogP contribution is -2.23. The molecule has 0 N–H and O–H groups in total. The SMILES string of the molecule is COC(=O)C1CCCCCC1c1cccc(C)c1. The Balaban J connectivity index is 2.27. The number of benzene rings is 1. The zero-order valence-electron chi connectivity index (χ0n) is 11.3. The van der Waals surface area contributed by atoms with Crippen LogP contribution in [0.1, 0.15) is 49.1 Å². The predicted molar refractivity (Wildman–Crippen MR) is 72.5 cm³/mol. The summed E-state index contributed by atoms with van der Waals surface area (Å²) in [6.07, 6.45) is 5.65. The van der Waals surface area contributed by atoms with E-state index >= 15 is 0 Å². The van der Waals surface area contributed by atoms with Gasteiger partial charge in [0, 0.05) is 0 Å². The normalized spacial score (nSPS) is 24.3. The molecule has 2 rings (SSSR count). The smallest absolute Gasteiger partial charge is 0.309 e. The number of hydrogen-bond donors (Lipinski definition) is 0. The van der Waals surface area contributed by atoms with Crippen LogP contribution in [-0.2, 0) is 9.53 Å². The maximum Gasteiger partial charge on any atom is 0.309 e. The van der Waals surface area contributed by atoms with E-state index in [1.807, 2.05) is 0 Å². The quantitative estimate of drug-likeness (QED) is 0.585. The number of carbonyl (C=O) groups excluding carboxylic acids is 1. The van der Waals surface area contributed by atoms with E-state index in [4.69, 9.17) is 4.74 Å². The highest BCUT2D eigenvalue weighted by atomic mass is 16.5. The number of aryl methyl sites for hydroxylation is 1. The molecule has 0 aromatic heterocycles. The lowest BCUT2D eigenvalue weighted by molar-refractivity contribution is -0.146. The molecule has 0 saturated heterocycles. The van der Waals surface area contributed by atoms with E-state index in [2.05, 4.69) is 31.2 Å². The van der Waals surface area contributed by atoms with E-state index in [0.717, 1.165) is 19.3 Å². The van der Waals surface area contributed by atoms with Crippen molar-refractivity contribution in [1.29, 1.82) is 0 Å². The van der Waals surface area contributed by atoms with Crippen molar-refractivity contribution in [2.75, 3.05) is 7.11 Å². The number of hydrogen-bond acceptors (Lipinski definition) is 2. The van der Waals surface area contributed by atoms with Gasteiger partial charge >= 0.3 is 5.97 Å². The monoisotopic (exact) mass is 246 g/mol. The van der Waals surface area contributed by atoms with Crippen LogP contribution in [0.25, 0.3) is 0 Å². The first-order valence-electron chi connectivity index (χ1n) is 6.87. The van der Waals surface area contributed by atoms with E-state index < -0.39 is 0 Å². The molecular formula is C16H22O2. The van der Waals surface area contributed by atoms with Gasteiger partial charge < -0.3 is 4.74 Å². The molecule has 1 aromatic carbocycles. The van der Waals surface area contributed by atoms with Crippen molar-refractivity contribution < 1.29 is 9.53 Å². The molecule has 0 aliphatic heterocycles. The third kappa shape index (κ3) is 2.92. The Morgan fingerprint density at radius 2 is 2.00 bits per heavy atom. The van der Waals surface area contributed by atoms with Gasteiger partial charge in [-0.3, -0.25) is 4.79 Å². The van der Waals surface area contributed by atoms with Crippen LogP contribution in [-0.4, -0.2) is 13.1 Å². The van der Waals surface area contributed by atoms with Crippen LogP contribution < -0.4 is 0 Å². The van der Waals surface area contributed by atoms with E-state index in [1.165, 1.54) is 31.1 Å². The van der Waals surface area contributed by atoms with Gasteiger partial charge in [-0.05, 0) is 31.2 Å². The second-order valence-electron chi connectivity index (χ2n) is 5.29. The minimum absolute atomic E-state index is 0.0385. The maximum atomic E-state index is 12.0. The average molecular weight is 246 g/mol. The van der Waals surface area contributed by atoms with Crippen molar-refractivity contribution in [3.63, 3.8) is 0 Å². The van der Waals surface area contributed by atoms with Crippen LogP contribution >= 0.6 is 0 Å². The van der Waals surface area contributed by atoms with Crippen molar-refractivity contribution in [2.24, 2.45) is 5.92 Å². The van der Waals surface area contributed by atoms with E-state index in [0.29, 0.717) is 5.92 Å². The molecule has 1 aliphatic carbocycles. The van der Waals surface area contributed by atoms with Crippen molar-refractivity contribution in [3.05, 3.63) is 35.4 Å². The van der Waals surface area contributed by atoms with E-state index in [-0.39, 0.29) is 11.9 Å². The average Bonchev–Trinajstić information content (AvgIpc) is 2.63. The fraction of sp³-hybridized carbons (Fsp3) is 0.562. The number of esters is 1. The number of methoxy groups -OCH3 is 1. The molecule has 1 aromatic rings. The first-order chi connectivity index (χ1) is 8.72. The lowest BCUT2D eigenvalue weighted by Gasteiger charge is -2.23. The Morgan fingerprint density at radius 3 is 2.72 bits per heavy atom. The molecule has 1 aliphatic rings. The lowest BCUT2D eigenvalue weighted by atomic mass is 9.82. The molecule has 1 saturated carbocycles. The fourth-order valence-electron chi connectivity index (χ4n) is 3.04. The molecule has 0 amide bonds. The Hall–Kier alpha value is -1.31. The van der Waals surface area contributed by atoms with Crippen LogP contribution in [0.15, 0.2) is 24.3 Å². The Kier molecular flexibility index (Phi) is 4.40. The first kappa shape index (κ1) is 13.1. The molecule has 98 valence electrons. The molecule has 0 radical (unpaired) electrons. The second kappa shape index (κ2) is 6.03. The highest BCUT2D eigenvalue weighted by molar-refractivity contribution is 5.73. The van der Waals surface area contributed by atoms with Gasteiger partial charge in [-0.25, -0.2) is 0 Å². The minimum Gasteiger partial charge on any atom is -0.469 e. The molecule has 1 fully saturated rings. The van der Waals surface area contributed by atoms with Gasteiger partial charge in [-0.15, -0.1) is 0 Å². The summed E-state index contributed by atoms with van der Waals surface area (Å²) in [7, 11) is 1.50. The molecular weight excluding hydrogens is 224 g/mol. The van der Waals surface area contributed by atoms with Crippen LogP contribution in [0.5, 0.6) is 0 Å². The minimum atomic E-state index is -0.0385. The standard InChI is InChI=1S/C16H22O2/c1-12-7-6-8-13(11-12)14-9-4-3-5-10-15(14)16(17)18-2/h6-8,11,14-15H,3-5,9-10H2,1-2H3. The Morgan fingerprint density at radius 1 is 1.22 bits per heavy atom. The van der Waals surface area contributed by atoms with Crippen molar-refractivity contribution >= 4 is 5.97 Å². The van der Waals surface area contributed by atoms with Crippen LogP contribution in [0.3, 0.4) is 0 Å². The Bertz CT molecular complexity index is 411. The van der Waals surface area contributed by atoms with Gasteiger partial charge in [0.2, 0.25) is 0 Å². The molecule has 18 heavy (non-hydrogen) atoms. The third-order valence-corrected chi connectivity index (χ3v) is 3.99. The van der Waals surface area contributed by atoms with Crippen LogP contribution in [0, 0.1) is 12.8 Å². The zero-order chi connectivity index (χ0) is 13.0. The molecule has 2 nitrogen and oxygen atoms in total. The maximum absolute atomic E-state index is 12.0. The summed E-state index contributed by atoms with van der Waals surface area (Å²) in [6, 6.07) is 8.56. The Labute approximate surface area is 109 Å². The van der Waals surface area contributed by atoms with E-state index in [9.17, 15) is 4.79 Å². The first-order valence-corrected chi connectivity index (χ1v) is 6.87. The van der Waals surface area contributed by atoms with Gasteiger partial charge in [0.15, 0.2) is 0 Å². The fourth-order valence-corrected chi connectivity index (χ4v) is 3.04. The third-order valence-electron chi connectivity index (χ3n) is 3.99. The van der Waals surface area contributed by atoms with Gasteiger partial charge in [0.25, 0.3) is 0 Å². The van der Waals surface area contributed by atoms with Crippen molar-refractivity contribution in [1.82, 2.24) is 0 Å². The van der Waals surface area contributed by atoms with E-state index in [1.54, 1.807) is 0 Å². The summed E-state index contributed by atoms with van der Waals surface area (Å²) in [5.41, 5.74) is 2.56. The summed E-state index contributed by atoms with van der Waals surface area (Å²) >= 11 is 0. The van der Waals surface area contributed by atoms with Gasteiger partial charge in [0.1, 0.15) is 0 Å². The zero-order valence-corrected chi connectivity index (χ0v) is 11.3. The molecule has 0 spiro atoms. The van der Waals surface area contributed by atoms with Gasteiger partial charge in [0.05, 0.1) is 13.0 Å². The summed E-state index contributed by atoms with van der Waals surface area (Å²) in [5.74, 6) is 0.336. The number of rotatable bonds is 2. The molecule has 2 unspecified atom stereocenters. The summed E-state index contributed by atoms with van der Waals surface area (Å²) in [6.45, 7) is 2.10. The van der Waals surface area contributed by atoms with Crippen LogP contribution in [0.4, 0.5) is 0 Å². The summed E-state index contributed by atoms with van der Waals surface area (Å²) in [5, 5.41) is 0. The largest absolute Gasteiger partial charge is 0.469 e. The van der Waals surface area contributed by atoms with Crippen molar-refractivity contribution in [3.8, 4) is 0 Å².